The van der Waals surface area contributed by atoms with Crippen molar-refractivity contribution in [2.24, 2.45) is 0 Å². The Labute approximate surface area is 184 Å². The molecule has 0 aliphatic carbocycles. The van der Waals surface area contributed by atoms with E-state index < -0.39 is 5.97 Å². The maximum absolute atomic E-state index is 12.7. The number of carbonyl (C=O) groups excluding carboxylic acids is 3. The molecule has 1 heterocycles. The summed E-state index contributed by atoms with van der Waals surface area (Å²) in [5.74, 6) is 0.305. The van der Waals surface area contributed by atoms with Crippen LogP contribution in [0.3, 0.4) is 0 Å². The van der Waals surface area contributed by atoms with Crippen LogP contribution in [-0.2, 0) is 11.3 Å². The van der Waals surface area contributed by atoms with E-state index >= 15 is 0 Å². The van der Waals surface area contributed by atoms with Crippen LogP contribution in [0.1, 0.15) is 33.2 Å². The van der Waals surface area contributed by atoms with Crippen LogP contribution < -0.4 is 24.8 Å². The molecule has 0 unspecified atom stereocenters. The van der Waals surface area contributed by atoms with Gasteiger partial charge in [-0.15, -0.1) is 0 Å². The standard InChI is InChI=1S/C24H20N2O6/c1-15(27)32-19-7-4-6-16(11-19)23(28)25-13-18-5-2-3-8-20(18)26-24(29)17-9-10-21-22(12-17)31-14-30-21/h2-12H,13-14H2,1H3,(H,25,28)(H,26,29). The number of benzene rings is 3. The van der Waals surface area contributed by atoms with Crippen LogP contribution in [-0.4, -0.2) is 24.6 Å². The Bertz CT molecular complexity index is 1190. The topological polar surface area (TPSA) is 103 Å². The predicted molar refractivity (Wildman–Crippen MR) is 116 cm³/mol. The minimum Gasteiger partial charge on any atom is -0.454 e. The largest absolute Gasteiger partial charge is 0.454 e. The summed E-state index contributed by atoms with van der Waals surface area (Å²) in [5, 5.41) is 5.68. The summed E-state index contributed by atoms with van der Waals surface area (Å²) in [6, 6.07) is 18.5. The number of fused-ring (bicyclic) bond motifs is 1. The quantitative estimate of drug-likeness (QED) is 0.456. The lowest BCUT2D eigenvalue weighted by Crippen LogP contribution is -2.24. The summed E-state index contributed by atoms with van der Waals surface area (Å²) in [7, 11) is 0. The minimum absolute atomic E-state index is 0.132. The van der Waals surface area contributed by atoms with E-state index in [1.165, 1.54) is 13.0 Å². The van der Waals surface area contributed by atoms with E-state index in [9.17, 15) is 14.4 Å². The summed E-state index contributed by atoms with van der Waals surface area (Å²) in [6.45, 7) is 1.61. The summed E-state index contributed by atoms with van der Waals surface area (Å²) in [6.07, 6.45) is 0. The molecule has 1 aliphatic rings. The van der Waals surface area contributed by atoms with Crippen molar-refractivity contribution < 1.29 is 28.6 Å². The van der Waals surface area contributed by atoms with Crippen LogP contribution in [0.25, 0.3) is 0 Å². The molecule has 8 nitrogen and oxygen atoms in total. The third-order valence-corrected chi connectivity index (χ3v) is 4.70. The van der Waals surface area contributed by atoms with Crippen LogP contribution in [0.2, 0.25) is 0 Å². The average molecular weight is 432 g/mol. The maximum Gasteiger partial charge on any atom is 0.308 e. The van der Waals surface area contributed by atoms with Gasteiger partial charge in [0.15, 0.2) is 11.5 Å². The van der Waals surface area contributed by atoms with Crippen molar-refractivity contribution in [1.82, 2.24) is 5.32 Å². The molecule has 3 aromatic carbocycles. The van der Waals surface area contributed by atoms with E-state index in [2.05, 4.69) is 10.6 Å². The molecule has 0 spiro atoms. The molecule has 0 saturated carbocycles. The number of amides is 2. The van der Waals surface area contributed by atoms with Crippen molar-refractivity contribution >= 4 is 23.5 Å². The molecular formula is C24H20N2O6. The third-order valence-electron chi connectivity index (χ3n) is 4.70. The average Bonchev–Trinajstić information content (AvgIpc) is 3.26. The van der Waals surface area contributed by atoms with Gasteiger partial charge in [0.05, 0.1) is 0 Å². The Balaban J connectivity index is 1.43. The van der Waals surface area contributed by atoms with Gasteiger partial charge in [-0.3, -0.25) is 14.4 Å². The first-order valence-corrected chi connectivity index (χ1v) is 9.85. The summed E-state index contributed by atoms with van der Waals surface area (Å²) in [4.78, 5) is 36.4. The van der Waals surface area contributed by atoms with E-state index in [1.54, 1.807) is 48.5 Å². The van der Waals surface area contributed by atoms with Gasteiger partial charge in [0, 0.05) is 30.3 Å². The zero-order valence-electron chi connectivity index (χ0n) is 17.2. The van der Waals surface area contributed by atoms with E-state index in [1.807, 2.05) is 12.1 Å². The molecule has 0 atom stereocenters. The second-order valence-electron chi connectivity index (χ2n) is 6.98. The van der Waals surface area contributed by atoms with Gasteiger partial charge in [0.2, 0.25) is 6.79 Å². The molecule has 1 aliphatic heterocycles. The highest BCUT2D eigenvalue weighted by Gasteiger charge is 2.17. The van der Waals surface area contributed by atoms with Gasteiger partial charge < -0.3 is 24.8 Å². The van der Waals surface area contributed by atoms with Crippen molar-refractivity contribution in [3.63, 3.8) is 0 Å². The fraction of sp³-hybridized carbons (Fsp3) is 0.125. The van der Waals surface area contributed by atoms with Crippen molar-refractivity contribution in [1.29, 1.82) is 0 Å². The highest BCUT2D eigenvalue weighted by atomic mass is 16.7. The Hall–Kier alpha value is -4.33. The molecule has 0 saturated heterocycles. The lowest BCUT2D eigenvalue weighted by molar-refractivity contribution is -0.131. The molecule has 0 aromatic heterocycles. The molecule has 32 heavy (non-hydrogen) atoms. The van der Waals surface area contributed by atoms with Crippen LogP contribution in [0.15, 0.2) is 66.7 Å². The highest BCUT2D eigenvalue weighted by molar-refractivity contribution is 6.05. The third kappa shape index (κ3) is 4.86. The van der Waals surface area contributed by atoms with Gasteiger partial charge in [-0.25, -0.2) is 0 Å². The van der Waals surface area contributed by atoms with Gasteiger partial charge in [0.1, 0.15) is 5.75 Å². The number of hydrogen-bond donors (Lipinski definition) is 2. The highest BCUT2D eigenvalue weighted by Crippen LogP contribution is 2.32. The monoisotopic (exact) mass is 432 g/mol. The fourth-order valence-corrected chi connectivity index (χ4v) is 3.17. The van der Waals surface area contributed by atoms with Crippen LogP contribution in [0.5, 0.6) is 17.2 Å². The zero-order chi connectivity index (χ0) is 22.5. The van der Waals surface area contributed by atoms with Gasteiger partial charge in [-0.2, -0.15) is 0 Å². The molecule has 2 N–H and O–H groups in total. The second kappa shape index (κ2) is 9.22. The lowest BCUT2D eigenvalue weighted by Gasteiger charge is -2.13. The van der Waals surface area contributed by atoms with Gasteiger partial charge in [0.25, 0.3) is 11.8 Å². The van der Waals surface area contributed by atoms with Crippen molar-refractivity contribution in [2.45, 2.75) is 13.5 Å². The zero-order valence-corrected chi connectivity index (χ0v) is 17.2. The molecule has 0 fully saturated rings. The van der Waals surface area contributed by atoms with Crippen molar-refractivity contribution in [3.05, 3.63) is 83.4 Å². The number of carbonyl (C=O) groups is 3. The number of esters is 1. The number of para-hydroxylation sites is 1. The van der Waals surface area contributed by atoms with Crippen molar-refractivity contribution in [2.75, 3.05) is 12.1 Å². The number of anilines is 1. The molecule has 8 heteroatoms. The van der Waals surface area contributed by atoms with Gasteiger partial charge in [-0.05, 0) is 48.0 Å². The molecule has 0 radical (unpaired) electrons. The van der Waals surface area contributed by atoms with Gasteiger partial charge in [-0.1, -0.05) is 24.3 Å². The first kappa shape index (κ1) is 20.9. The predicted octanol–water partition coefficient (Wildman–Crippen LogP) is 3.52. The van der Waals surface area contributed by atoms with Crippen LogP contribution in [0, 0.1) is 0 Å². The van der Waals surface area contributed by atoms with E-state index in [-0.39, 0.29) is 25.2 Å². The molecule has 4 rings (SSSR count). The fourth-order valence-electron chi connectivity index (χ4n) is 3.17. The van der Waals surface area contributed by atoms with Crippen LogP contribution >= 0.6 is 0 Å². The normalized spacial score (nSPS) is 11.5. The summed E-state index contributed by atoms with van der Waals surface area (Å²) < 4.78 is 15.6. The Morgan fingerprint density at radius 3 is 2.50 bits per heavy atom. The number of nitrogens with one attached hydrogen (secondary N) is 2. The first-order chi connectivity index (χ1) is 15.5. The smallest absolute Gasteiger partial charge is 0.308 e. The Morgan fingerprint density at radius 1 is 0.875 bits per heavy atom. The summed E-state index contributed by atoms with van der Waals surface area (Å²) in [5.41, 5.74) is 2.08. The second-order valence-corrected chi connectivity index (χ2v) is 6.98. The number of hydrogen-bond acceptors (Lipinski definition) is 6. The van der Waals surface area contributed by atoms with E-state index in [4.69, 9.17) is 14.2 Å². The Kier molecular flexibility index (Phi) is 6.03. The maximum atomic E-state index is 12.7. The molecular weight excluding hydrogens is 412 g/mol. The van der Waals surface area contributed by atoms with E-state index in [0.717, 1.165) is 5.56 Å². The molecule has 162 valence electrons. The molecule has 0 bridgehead atoms. The van der Waals surface area contributed by atoms with Gasteiger partial charge >= 0.3 is 5.97 Å². The Morgan fingerprint density at radius 2 is 1.66 bits per heavy atom. The minimum atomic E-state index is -0.463. The van der Waals surface area contributed by atoms with Crippen LogP contribution in [0.4, 0.5) is 5.69 Å². The number of ether oxygens (including phenoxy) is 3. The summed E-state index contributed by atoms with van der Waals surface area (Å²) >= 11 is 0. The molecule has 2 amide bonds. The SMILES string of the molecule is CC(=O)Oc1cccc(C(=O)NCc2ccccc2NC(=O)c2ccc3c(c2)OCO3)c1. The first-order valence-electron chi connectivity index (χ1n) is 9.85. The lowest BCUT2D eigenvalue weighted by atomic mass is 10.1. The number of rotatable bonds is 6. The van der Waals surface area contributed by atoms with E-state index in [0.29, 0.717) is 34.1 Å². The van der Waals surface area contributed by atoms with Crippen molar-refractivity contribution in [3.8, 4) is 17.2 Å². The molecule has 3 aromatic rings.